The van der Waals surface area contributed by atoms with Gasteiger partial charge in [-0.3, -0.25) is 4.68 Å². The highest BCUT2D eigenvalue weighted by atomic mass is 19.4. The van der Waals surface area contributed by atoms with Crippen molar-refractivity contribution in [2.24, 2.45) is 0 Å². The lowest BCUT2D eigenvalue weighted by Crippen LogP contribution is -2.15. The van der Waals surface area contributed by atoms with Gasteiger partial charge >= 0.3 is 6.18 Å². The third-order valence-electron chi connectivity index (χ3n) is 2.31. The molecule has 1 aliphatic heterocycles. The molecule has 0 amide bonds. The van der Waals surface area contributed by atoms with Crippen LogP contribution >= 0.6 is 0 Å². The Morgan fingerprint density at radius 1 is 1.50 bits per heavy atom. The molecule has 1 unspecified atom stereocenters. The Kier molecular flexibility index (Phi) is 2.22. The molecule has 1 atom stereocenters. The summed E-state index contributed by atoms with van der Waals surface area (Å²) in [5.41, 5.74) is -0.815. The summed E-state index contributed by atoms with van der Waals surface area (Å²) < 4.78 is 38.0. The molecule has 0 aromatic carbocycles. The van der Waals surface area contributed by atoms with Crippen LogP contribution in [0.4, 0.5) is 13.2 Å². The van der Waals surface area contributed by atoms with Crippen LogP contribution < -0.4 is 5.32 Å². The van der Waals surface area contributed by atoms with E-state index < -0.39 is 11.9 Å². The molecule has 1 aromatic heterocycles. The van der Waals surface area contributed by atoms with Crippen LogP contribution in [0.1, 0.15) is 18.2 Å². The Morgan fingerprint density at radius 2 is 2.29 bits per heavy atom. The van der Waals surface area contributed by atoms with Gasteiger partial charge in [0.15, 0.2) is 5.69 Å². The molecular weight excluding hydrogens is 195 g/mol. The molecule has 14 heavy (non-hydrogen) atoms. The predicted octanol–water partition coefficient (Wildman–Crippen LogP) is 1.44. The first-order valence-corrected chi connectivity index (χ1v) is 4.40. The molecule has 78 valence electrons. The van der Waals surface area contributed by atoms with Crippen LogP contribution in [-0.4, -0.2) is 22.9 Å². The molecular formula is C8H10F3N3. The second kappa shape index (κ2) is 3.27. The van der Waals surface area contributed by atoms with E-state index in [9.17, 15) is 13.2 Å². The lowest BCUT2D eigenvalue weighted by molar-refractivity contribution is -0.141. The molecule has 0 bridgehead atoms. The van der Waals surface area contributed by atoms with Crippen molar-refractivity contribution in [1.29, 1.82) is 0 Å². The van der Waals surface area contributed by atoms with Crippen LogP contribution in [0.15, 0.2) is 12.3 Å². The average Bonchev–Trinajstić information content (AvgIpc) is 2.73. The number of nitrogens with one attached hydrogen (secondary N) is 1. The molecule has 0 spiro atoms. The summed E-state index contributed by atoms with van der Waals surface area (Å²) in [5, 5.41) is 6.59. The summed E-state index contributed by atoms with van der Waals surface area (Å²) in [6, 6.07) is 1.07. The zero-order valence-corrected chi connectivity index (χ0v) is 7.38. The minimum Gasteiger partial charge on any atom is -0.315 e. The van der Waals surface area contributed by atoms with Crippen LogP contribution in [0.3, 0.4) is 0 Å². The van der Waals surface area contributed by atoms with Gasteiger partial charge in [0.1, 0.15) is 0 Å². The third-order valence-corrected chi connectivity index (χ3v) is 2.31. The molecule has 0 radical (unpaired) electrons. The zero-order chi connectivity index (χ0) is 10.2. The summed E-state index contributed by atoms with van der Waals surface area (Å²) in [7, 11) is 0. The molecule has 0 aliphatic carbocycles. The normalized spacial score (nSPS) is 22.9. The Bertz CT molecular complexity index is 312. The smallest absolute Gasteiger partial charge is 0.315 e. The van der Waals surface area contributed by atoms with E-state index >= 15 is 0 Å². The van der Waals surface area contributed by atoms with E-state index in [2.05, 4.69) is 10.4 Å². The van der Waals surface area contributed by atoms with Gasteiger partial charge in [-0.05, 0) is 19.0 Å². The summed E-state index contributed by atoms with van der Waals surface area (Å²) in [4.78, 5) is 0. The molecule has 1 N–H and O–H groups in total. The SMILES string of the molecule is FC(F)(F)c1ccn(C2CCNC2)n1. The van der Waals surface area contributed by atoms with Crippen molar-refractivity contribution in [3.63, 3.8) is 0 Å². The van der Waals surface area contributed by atoms with Gasteiger partial charge in [0.2, 0.25) is 0 Å². The Labute approximate surface area is 78.9 Å². The standard InChI is InChI=1S/C8H10F3N3/c9-8(10,11)7-2-4-14(13-7)6-1-3-12-5-6/h2,4,6,12H,1,3,5H2. The summed E-state index contributed by atoms with van der Waals surface area (Å²) in [6.07, 6.45) is -2.11. The van der Waals surface area contributed by atoms with E-state index in [0.29, 0.717) is 6.54 Å². The summed E-state index contributed by atoms with van der Waals surface area (Å²) in [5.74, 6) is 0. The summed E-state index contributed by atoms with van der Waals surface area (Å²) >= 11 is 0. The van der Waals surface area contributed by atoms with Gasteiger partial charge in [-0.15, -0.1) is 0 Å². The second-order valence-corrected chi connectivity index (χ2v) is 3.33. The van der Waals surface area contributed by atoms with E-state index in [1.165, 1.54) is 10.9 Å². The van der Waals surface area contributed by atoms with Gasteiger partial charge in [0.05, 0.1) is 6.04 Å². The number of hydrogen-bond donors (Lipinski definition) is 1. The van der Waals surface area contributed by atoms with Crippen LogP contribution in [0.2, 0.25) is 0 Å². The van der Waals surface area contributed by atoms with Gasteiger partial charge in [-0.2, -0.15) is 18.3 Å². The highest BCUT2D eigenvalue weighted by Crippen LogP contribution is 2.28. The topological polar surface area (TPSA) is 29.9 Å². The fraction of sp³-hybridized carbons (Fsp3) is 0.625. The minimum absolute atomic E-state index is 0.0612. The molecule has 0 saturated carbocycles. The molecule has 6 heteroatoms. The fourth-order valence-electron chi connectivity index (χ4n) is 1.56. The van der Waals surface area contributed by atoms with Crippen LogP contribution in [0, 0.1) is 0 Å². The number of nitrogens with zero attached hydrogens (tertiary/aromatic N) is 2. The first kappa shape index (κ1) is 9.51. The van der Waals surface area contributed by atoms with Gasteiger partial charge < -0.3 is 5.32 Å². The zero-order valence-electron chi connectivity index (χ0n) is 7.38. The first-order valence-electron chi connectivity index (χ1n) is 4.40. The van der Waals surface area contributed by atoms with Crippen molar-refractivity contribution in [2.75, 3.05) is 13.1 Å². The van der Waals surface area contributed by atoms with Crippen molar-refractivity contribution in [3.8, 4) is 0 Å². The molecule has 2 rings (SSSR count). The fourth-order valence-corrected chi connectivity index (χ4v) is 1.56. The van der Waals surface area contributed by atoms with Crippen molar-refractivity contribution in [3.05, 3.63) is 18.0 Å². The van der Waals surface area contributed by atoms with Gasteiger partial charge in [-0.25, -0.2) is 0 Å². The molecule has 1 saturated heterocycles. The van der Waals surface area contributed by atoms with E-state index in [4.69, 9.17) is 0 Å². The maximum absolute atomic E-state index is 12.2. The van der Waals surface area contributed by atoms with E-state index in [-0.39, 0.29) is 6.04 Å². The van der Waals surface area contributed by atoms with Gasteiger partial charge in [-0.1, -0.05) is 0 Å². The number of alkyl halides is 3. The number of rotatable bonds is 1. The van der Waals surface area contributed by atoms with E-state index in [0.717, 1.165) is 19.0 Å². The lowest BCUT2D eigenvalue weighted by Gasteiger charge is -2.08. The summed E-state index contributed by atoms with van der Waals surface area (Å²) in [6.45, 7) is 1.53. The largest absolute Gasteiger partial charge is 0.435 e. The van der Waals surface area contributed by atoms with Crippen molar-refractivity contribution >= 4 is 0 Å². The van der Waals surface area contributed by atoms with Crippen LogP contribution in [-0.2, 0) is 6.18 Å². The quantitative estimate of drug-likeness (QED) is 0.751. The highest BCUT2D eigenvalue weighted by Gasteiger charge is 2.34. The van der Waals surface area contributed by atoms with E-state index in [1.54, 1.807) is 0 Å². The molecule has 2 heterocycles. The van der Waals surface area contributed by atoms with Crippen LogP contribution in [0.25, 0.3) is 0 Å². The Balaban J connectivity index is 2.17. The molecule has 3 nitrogen and oxygen atoms in total. The number of aromatic nitrogens is 2. The highest BCUT2D eigenvalue weighted by molar-refractivity contribution is 5.04. The van der Waals surface area contributed by atoms with E-state index in [1.807, 2.05) is 0 Å². The average molecular weight is 205 g/mol. The monoisotopic (exact) mass is 205 g/mol. The third kappa shape index (κ3) is 1.75. The maximum atomic E-state index is 12.2. The van der Waals surface area contributed by atoms with Gasteiger partial charge in [0.25, 0.3) is 0 Å². The van der Waals surface area contributed by atoms with Gasteiger partial charge in [0, 0.05) is 12.7 Å². The Hall–Kier alpha value is -1.04. The minimum atomic E-state index is -4.34. The molecule has 1 fully saturated rings. The molecule has 1 aromatic rings. The Morgan fingerprint density at radius 3 is 2.79 bits per heavy atom. The predicted molar refractivity (Wildman–Crippen MR) is 43.8 cm³/mol. The lowest BCUT2D eigenvalue weighted by atomic mass is 10.3. The maximum Gasteiger partial charge on any atom is 0.435 e. The molecule has 1 aliphatic rings. The van der Waals surface area contributed by atoms with Crippen molar-refractivity contribution in [2.45, 2.75) is 18.6 Å². The number of hydrogen-bond acceptors (Lipinski definition) is 2. The van der Waals surface area contributed by atoms with Crippen LogP contribution in [0.5, 0.6) is 0 Å². The first-order chi connectivity index (χ1) is 6.57. The number of halogens is 3. The van der Waals surface area contributed by atoms with Crippen molar-refractivity contribution < 1.29 is 13.2 Å². The van der Waals surface area contributed by atoms with Crippen molar-refractivity contribution in [1.82, 2.24) is 15.1 Å². The second-order valence-electron chi connectivity index (χ2n) is 3.33.